The van der Waals surface area contributed by atoms with Gasteiger partial charge < -0.3 is 16.4 Å². The Morgan fingerprint density at radius 2 is 2.21 bits per heavy atom. The predicted octanol–water partition coefficient (Wildman–Crippen LogP) is 2.42. The van der Waals surface area contributed by atoms with E-state index in [9.17, 15) is 4.79 Å². The van der Waals surface area contributed by atoms with Gasteiger partial charge in [-0.3, -0.25) is 4.79 Å². The van der Waals surface area contributed by atoms with Gasteiger partial charge in [-0.2, -0.15) is 11.8 Å². The Hall–Kier alpha value is -0.950. The van der Waals surface area contributed by atoms with Gasteiger partial charge in [0, 0.05) is 13.1 Å². The van der Waals surface area contributed by atoms with Crippen LogP contribution < -0.4 is 16.4 Å². The molecule has 0 unspecified atom stereocenters. The Morgan fingerprint density at radius 1 is 1.42 bits per heavy atom. The van der Waals surface area contributed by atoms with Crippen LogP contribution in [-0.4, -0.2) is 36.0 Å². The number of unbranched alkanes of at least 4 members (excludes halogenated alkanes) is 1. The number of thioether (sulfide) groups is 1. The maximum Gasteiger partial charge on any atom is 0.265 e. The molecule has 1 heterocycles. The molecule has 0 atom stereocenters. The highest BCUT2D eigenvalue weighted by atomic mass is 32.2. The highest BCUT2D eigenvalue weighted by molar-refractivity contribution is 7.98. The highest BCUT2D eigenvalue weighted by Crippen LogP contribution is 2.24. The Morgan fingerprint density at radius 3 is 2.89 bits per heavy atom. The molecule has 1 aromatic rings. The molecule has 7 heteroatoms. The van der Waals surface area contributed by atoms with Gasteiger partial charge in [0.15, 0.2) is 5.13 Å². The molecule has 0 aliphatic rings. The third-order valence-electron chi connectivity index (χ3n) is 2.45. The van der Waals surface area contributed by atoms with Crippen LogP contribution in [0.25, 0.3) is 0 Å². The van der Waals surface area contributed by atoms with Crippen LogP contribution in [0, 0.1) is 0 Å². The molecule has 5 nitrogen and oxygen atoms in total. The van der Waals surface area contributed by atoms with E-state index in [4.69, 9.17) is 5.73 Å². The van der Waals surface area contributed by atoms with Gasteiger partial charge in [0.25, 0.3) is 5.91 Å². The van der Waals surface area contributed by atoms with Crippen LogP contribution in [0.1, 0.15) is 35.9 Å². The monoisotopic (exact) mass is 302 g/mol. The lowest BCUT2D eigenvalue weighted by atomic mass is 10.3. The second kappa shape index (κ2) is 9.03. The number of thiazole rings is 1. The first-order valence-electron chi connectivity index (χ1n) is 6.46. The number of carbonyl (C=O) groups excluding carboxylic acids is 1. The molecule has 0 radical (unpaired) electrons. The van der Waals surface area contributed by atoms with E-state index in [0.717, 1.165) is 31.6 Å². The molecule has 1 rings (SSSR count). The van der Waals surface area contributed by atoms with Crippen LogP contribution in [0.2, 0.25) is 0 Å². The number of anilines is 2. The number of carbonyl (C=O) groups is 1. The van der Waals surface area contributed by atoms with Crippen molar-refractivity contribution in [3.05, 3.63) is 4.88 Å². The molecule has 0 saturated heterocycles. The van der Waals surface area contributed by atoms with Crippen LogP contribution in [-0.2, 0) is 0 Å². The third-order valence-corrected chi connectivity index (χ3v) is 4.17. The molecule has 0 aliphatic heterocycles. The molecule has 0 fully saturated rings. The second-order valence-electron chi connectivity index (χ2n) is 4.12. The number of hydrogen-bond donors (Lipinski definition) is 3. The van der Waals surface area contributed by atoms with Gasteiger partial charge in [-0.1, -0.05) is 18.3 Å². The first-order valence-corrected chi connectivity index (χ1v) is 8.67. The van der Waals surface area contributed by atoms with Crippen LogP contribution in [0.3, 0.4) is 0 Å². The van der Waals surface area contributed by atoms with Gasteiger partial charge in [0.1, 0.15) is 10.7 Å². The van der Waals surface area contributed by atoms with E-state index in [1.54, 1.807) is 0 Å². The zero-order chi connectivity index (χ0) is 14.1. The van der Waals surface area contributed by atoms with Crippen molar-refractivity contribution in [1.82, 2.24) is 10.3 Å². The molecule has 0 saturated carbocycles. The fourth-order valence-electron chi connectivity index (χ4n) is 1.46. The Kier molecular flexibility index (Phi) is 7.66. The summed E-state index contributed by atoms with van der Waals surface area (Å²) < 4.78 is 0. The average molecular weight is 302 g/mol. The Balaban J connectivity index is 2.41. The van der Waals surface area contributed by atoms with Crippen molar-refractivity contribution in [3.63, 3.8) is 0 Å². The van der Waals surface area contributed by atoms with Gasteiger partial charge >= 0.3 is 0 Å². The summed E-state index contributed by atoms with van der Waals surface area (Å²) in [5.74, 6) is 1.32. The third kappa shape index (κ3) is 5.69. The number of hydrogen-bond acceptors (Lipinski definition) is 6. The van der Waals surface area contributed by atoms with E-state index in [1.165, 1.54) is 11.3 Å². The number of nitrogens with one attached hydrogen (secondary N) is 2. The summed E-state index contributed by atoms with van der Waals surface area (Å²) in [6, 6.07) is 0. The average Bonchev–Trinajstić information content (AvgIpc) is 2.77. The number of aromatic nitrogens is 1. The minimum absolute atomic E-state index is 0.122. The van der Waals surface area contributed by atoms with Gasteiger partial charge in [0.05, 0.1) is 0 Å². The summed E-state index contributed by atoms with van der Waals surface area (Å²) in [6.45, 7) is 3.60. The number of nitrogens with zero attached hydrogens (tertiary/aromatic N) is 1. The van der Waals surface area contributed by atoms with E-state index in [0.29, 0.717) is 22.4 Å². The lowest BCUT2D eigenvalue weighted by molar-refractivity contribution is 0.0958. The number of nitrogens with two attached hydrogens (primary N) is 1. The highest BCUT2D eigenvalue weighted by Gasteiger charge is 2.15. The molecular formula is C12H22N4OS2. The maximum absolute atomic E-state index is 11.9. The molecule has 1 amide bonds. The first-order chi connectivity index (χ1) is 9.19. The standard InChI is InChI=1S/C12H22N4OS2/c1-3-6-15-12-16-10(13)9(19-12)11(17)14-7-4-5-8-18-2/h3-8,13H2,1-2H3,(H,14,17)(H,15,16). The van der Waals surface area contributed by atoms with Crippen molar-refractivity contribution in [2.75, 3.05) is 36.1 Å². The summed E-state index contributed by atoms with van der Waals surface area (Å²) in [5, 5.41) is 6.74. The first kappa shape index (κ1) is 16.1. The number of amides is 1. The summed E-state index contributed by atoms with van der Waals surface area (Å²) >= 11 is 3.13. The van der Waals surface area contributed by atoms with Crippen LogP contribution in [0.15, 0.2) is 0 Å². The molecule has 19 heavy (non-hydrogen) atoms. The summed E-state index contributed by atoms with van der Waals surface area (Å²) in [4.78, 5) is 16.6. The van der Waals surface area contributed by atoms with Crippen molar-refractivity contribution in [2.45, 2.75) is 26.2 Å². The minimum atomic E-state index is -0.122. The van der Waals surface area contributed by atoms with Gasteiger partial charge in [-0.25, -0.2) is 4.98 Å². The van der Waals surface area contributed by atoms with Gasteiger partial charge in [0.2, 0.25) is 0 Å². The topological polar surface area (TPSA) is 80.0 Å². The van der Waals surface area contributed by atoms with Crippen molar-refractivity contribution in [2.24, 2.45) is 0 Å². The molecule has 0 spiro atoms. The molecule has 0 bridgehead atoms. The smallest absolute Gasteiger partial charge is 0.265 e. The van der Waals surface area contributed by atoms with Crippen LogP contribution >= 0.6 is 23.1 Å². The SMILES string of the molecule is CCCNc1nc(N)c(C(=O)NCCCCSC)s1. The fourth-order valence-corrected chi connectivity index (χ4v) is 2.78. The summed E-state index contributed by atoms with van der Waals surface area (Å²) in [6.07, 6.45) is 5.20. The van der Waals surface area contributed by atoms with Crippen LogP contribution in [0.5, 0.6) is 0 Å². The van der Waals surface area contributed by atoms with Crippen LogP contribution in [0.4, 0.5) is 10.9 Å². The van der Waals surface area contributed by atoms with Crippen molar-refractivity contribution < 1.29 is 4.79 Å². The lowest BCUT2D eigenvalue weighted by Gasteiger charge is -2.03. The largest absolute Gasteiger partial charge is 0.382 e. The number of rotatable bonds is 9. The Bertz CT molecular complexity index is 395. The molecular weight excluding hydrogens is 280 g/mol. The molecule has 0 aliphatic carbocycles. The van der Waals surface area contributed by atoms with Gasteiger partial charge in [-0.15, -0.1) is 0 Å². The normalized spacial score (nSPS) is 10.4. The summed E-state index contributed by atoms with van der Waals surface area (Å²) in [7, 11) is 0. The zero-order valence-electron chi connectivity index (χ0n) is 11.5. The van der Waals surface area contributed by atoms with E-state index in [-0.39, 0.29) is 5.91 Å². The van der Waals surface area contributed by atoms with Gasteiger partial charge in [-0.05, 0) is 31.3 Å². The van der Waals surface area contributed by atoms with Crippen molar-refractivity contribution in [3.8, 4) is 0 Å². The minimum Gasteiger partial charge on any atom is -0.382 e. The van der Waals surface area contributed by atoms with E-state index < -0.39 is 0 Å². The van der Waals surface area contributed by atoms with E-state index in [2.05, 4.69) is 28.8 Å². The molecule has 1 aromatic heterocycles. The van der Waals surface area contributed by atoms with E-state index in [1.807, 2.05) is 11.8 Å². The molecule has 108 valence electrons. The molecule has 4 N–H and O–H groups in total. The van der Waals surface area contributed by atoms with Crippen molar-refractivity contribution >= 4 is 40.0 Å². The van der Waals surface area contributed by atoms with E-state index >= 15 is 0 Å². The zero-order valence-corrected chi connectivity index (χ0v) is 13.1. The lowest BCUT2D eigenvalue weighted by Crippen LogP contribution is -2.24. The number of nitrogen functional groups attached to an aromatic ring is 1. The predicted molar refractivity (Wildman–Crippen MR) is 85.3 cm³/mol. The Labute approximate surface area is 122 Å². The fraction of sp³-hybridized carbons (Fsp3) is 0.667. The summed E-state index contributed by atoms with van der Waals surface area (Å²) in [5.41, 5.74) is 5.76. The quantitative estimate of drug-likeness (QED) is 0.610. The molecule has 0 aromatic carbocycles. The maximum atomic E-state index is 11.9. The second-order valence-corrected chi connectivity index (χ2v) is 6.10. The van der Waals surface area contributed by atoms with Crippen molar-refractivity contribution in [1.29, 1.82) is 0 Å².